The molecule has 1 N–H and O–H groups in total. The van der Waals surface area contributed by atoms with Crippen molar-refractivity contribution < 1.29 is 13.9 Å². The van der Waals surface area contributed by atoms with E-state index in [0.29, 0.717) is 43.4 Å². The number of nitrogens with zero attached hydrogens (tertiary/aromatic N) is 2. The van der Waals surface area contributed by atoms with E-state index in [4.69, 9.17) is 16.3 Å². The van der Waals surface area contributed by atoms with Crippen LogP contribution in [0.4, 0.5) is 15.8 Å². The molecule has 1 aromatic carbocycles. The number of carbonyl (C=O) groups excluding carboxylic acids is 1. The summed E-state index contributed by atoms with van der Waals surface area (Å²) in [5, 5.41) is 3.10. The normalized spacial score (nSPS) is 14.6. The highest BCUT2D eigenvalue weighted by atomic mass is 35.5. The molecule has 0 radical (unpaired) electrons. The lowest BCUT2D eigenvalue weighted by molar-refractivity contribution is 0.0299. The van der Waals surface area contributed by atoms with Crippen molar-refractivity contribution >= 4 is 28.9 Å². The van der Waals surface area contributed by atoms with Crippen molar-refractivity contribution in [1.82, 2.24) is 9.88 Å². The Labute approximate surface area is 138 Å². The summed E-state index contributed by atoms with van der Waals surface area (Å²) in [7, 11) is 0. The van der Waals surface area contributed by atoms with Gasteiger partial charge in [-0.3, -0.25) is 4.79 Å². The van der Waals surface area contributed by atoms with Crippen molar-refractivity contribution in [2.75, 3.05) is 31.6 Å². The van der Waals surface area contributed by atoms with Crippen LogP contribution in [-0.2, 0) is 4.74 Å². The molecule has 1 saturated heterocycles. The monoisotopic (exact) mass is 335 g/mol. The molecule has 0 spiro atoms. The first-order valence-electron chi connectivity index (χ1n) is 7.18. The Morgan fingerprint density at radius 3 is 2.61 bits per heavy atom. The standard InChI is InChI=1S/C16H15ClFN3O2/c17-13-9-11(1-3-14(13)18)20-12-2-4-15(19-10-12)16(22)21-5-7-23-8-6-21/h1-4,9-10,20H,5-8H2. The third kappa shape index (κ3) is 3.78. The number of carbonyl (C=O) groups is 1. The first kappa shape index (κ1) is 15.7. The molecule has 3 rings (SSSR count). The lowest BCUT2D eigenvalue weighted by Crippen LogP contribution is -2.41. The van der Waals surface area contributed by atoms with E-state index < -0.39 is 5.82 Å². The largest absolute Gasteiger partial charge is 0.378 e. The summed E-state index contributed by atoms with van der Waals surface area (Å²) in [5.74, 6) is -0.577. The molecule has 23 heavy (non-hydrogen) atoms. The first-order chi connectivity index (χ1) is 11.1. The lowest BCUT2D eigenvalue weighted by atomic mass is 10.2. The molecule has 1 amide bonds. The van der Waals surface area contributed by atoms with Crippen LogP contribution in [0.3, 0.4) is 0 Å². The SMILES string of the molecule is O=C(c1ccc(Nc2ccc(F)c(Cl)c2)cn1)N1CCOCC1. The van der Waals surface area contributed by atoms with E-state index in [1.54, 1.807) is 29.3 Å². The van der Waals surface area contributed by atoms with Gasteiger partial charge in [0.05, 0.1) is 30.1 Å². The molecule has 0 unspecified atom stereocenters. The first-order valence-corrected chi connectivity index (χ1v) is 7.56. The smallest absolute Gasteiger partial charge is 0.272 e. The number of hydrogen-bond acceptors (Lipinski definition) is 4. The highest BCUT2D eigenvalue weighted by Gasteiger charge is 2.19. The molecule has 2 aromatic rings. The Kier molecular flexibility index (Phi) is 4.73. The van der Waals surface area contributed by atoms with E-state index in [9.17, 15) is 9.18 Å². The molecular formula is C16H15ClFN3O2. The van der Waals surface area contributed by atoms with Gasteiger partial charge in [0.2, 0.25) is 0 Å². The molecule has 2 heterocycles. The van der Waals surface area contributed by atoms with E-state index in [1.807, 2.05) is 0 Å². The predicted octanol–water partition coefficient (Wildman–Crippen LogP) is 3.09. The van der Waals surface area contributed by atoms with E-state index in [-0.39, 0.29) is 10.9 Å². The molecule has 0 atom stereocenters. The quantitative estimate of drug-likeness (QED) is 0.936. The van der Waals surface area contributed by atoms with Gasteiger partial charge in [0.1, 0.15) is 11.5 Å². The van der Waals surface area contributed by atoms with Gasteiger partial charge in [-0.25, -0.2) is 9.37 Å². The van der Waals surface area contributed by atoms with Crippen LogP contribution in [-0.4, -0.2) is 42.1 Å². The molecule has 0 saturated carbocycles. The minimum atomic E-state index is -0.471. The molecule has 5 nitrogen and oxygen atoms in total. The summed E-state index contributed by atoms with van der Waals surface area (Å²) in [5.41, 5.74) is 1.71. The van der Waals surface area contributed by atoms with Crippen LogP contribution in [0, 0.1) is 5.82 Å². The summed E-state index contributed by atoms with van der Waals surface area (Å²) in [6, 6.07) is 7.76. The number of rotatable bonds is 3. The van der Waals surface area contributed by atoms with Crippen molar-refractivity contribution in [3.8, 4) is 0 Å². The highest BCUT2D eigenvalue weighted by molar-refractivity contribution is 6.31. The van der Waals surface area contributed by atoms with Gasteiger partial charge >= 0.3 is 0 Å². The third-order valence-corrected chi connectivity index (χ3v) is 3.78. The minimum Gasteiger partial charge on any atom is -0.378 e. The number of ether oxygens (including phenoxy) is 1. The van der Waals surface area contributed by atoms with Crippen molar-refractivity contribution in [3.63, 3.8) is 0 Å². The van der Waals surface area contributed by atoms with Gasteiger partial charge in [0.15, 0.2) is 0 Å². The molecule has 1 aliphatic rings. The summed E-state index contributed by atoms with van der Waals surface area (Å²) < 4.78 is 18.4. The number of benzene rings is 1. The number of amides is 1. The highest BCUT2D eigenvalue weighted by Crippen LogP contribution is 2.22. The van der Waals surface area contributed by atoms with E-state index in [1.165, 1.54) is 12.1 Å². The zero-order valence-electron chi connectivity index (χ0n) is 12.3. The van der Waals surface area contributed by atoms with Crippen molar-refractivity contribution in [1.29, 1.82) is 0 Å². The van der Waals surface area contributed by atoms with Crippen molar-refractivity contribution in [2.45, 2.75) is 0 Å². The Morgan fingerprint density at radius 2 is 1.96 bits per heavy atom. The van der Waals surface area contributed by atoms with Crippen LogP contribution >= 0.6 is 11.6 Å². The van der Waals surface area contributed by atoms with Crippen LogP contribution in [0.15, 0.2) is 36.5 Å². The van der Waals surface area contributed by atoms with Gasteiger partial charge in [-0.1, -0.05) is 11.6 Å². The third-order valence-electron chi connectivity index (χ3n) is 3.49. The number of anilines is 2. The van der Waals surface area contributed by atoms with Gasteiger partial charge in [0, 0.05) is 18.8 Å². The fourth-order valence-electron chi connectivity index (χ4n) is 2.26. The molecule has 0 bridgehead atoms. The van der Waals surface area contributed by atoms with Gasteiger partial charge in [0.25, 0.3) is 5.91 Å². The Hall–Kier alpha value is -2.18. The number of nitrogens with one attached hydrogen (secondary N) is 1. The molecule has 0 aliphatic carbocycles. The number of pyridine rings is 1. The summed E-state index contributed by atoms with van der Waals surface area (Å²) in [6.45, 7) is 2.26. The predicted molar refractivity (Wildman–Crippen MR) is 85.7 cm³/mol. The average molecular weight is 336 g/mol. The maximum absolute atomic E-state index is 13.1. The van der Waals surface area contributed by atoms with Crippen LogP contribution in [0.1, 0.15) is 10.5 Å². The zero-order chi connectivity index (χ0) is 16.2. The minimum absolute atomic E-state index is 0.0436. The number of morpholine rings is 1. The second kappa shape index (κ2) is 6.93. The van der Waals surface area contributed by atoms with Gasteiger partial charge in [-0.05, 0) is 30.3 Å². The summed E-state index contributed by atoms with van der Waals surface area (Å²) >= 11 is 5.74. The Bertz CT molecular complexity index is 703. The topological polar surface area (TPSA) is 54.5 Å². The van der Waals surface area contributed by atoms with Crippen LogP contribution in [0.25, 0.3) is 0 Å². The van der Waals surface area contributed by atoms with Gasteiger partial charge in [-0.15, -0.1) is 0 Å². The second-order valence-electron chi connectivity index (χ2n) is 5.09. The molecule has 1 fully saturated rings. The lowest BCUT2D eigenvalue weighted by Gasteiger charge is -2.26. The molecule has 1 aliphatic heterocycles. The van der Waals surface area contributed by atoms with E-state index in [0.717, 1.165) is 0 Å². The zero-order valence-corrected chi connectivity index (χ0v) is 13.0. The van der Waals surface area contributed by atoms with E-state index in [2.05, 4.69) is 10.3 Å². The van der Waals surface area contributed by atoms with E-state index >= 15 is 0 Å². The van der Waals surface area contributed by atoms with Gasteiger partial charge < -0.3 is 15.0 Å². The Morgan fingerprint density at radius 1 is 1.22 bits per heavy atom. The number of halogens is 2. The van der Waals surface area contributed by atoms with Crippen molar-refractivity contribution in [3.05, 3.63) is 53.1 Å². The summed E-state index contributed by atoms with van der Waals surface area (Å²) in [6.07, 6.45) is 1.56. The maximum Gasteiger partial charge on any atom is 0.272 e. The molecule has 120 valence electrons. The van der Waals surface area contributed by atoms with Crippen LogP contribution < -0.4 is 5.32 Å². The van der Waals surface area contributed by atoms with Crippen LogP contribution in [0.5, 0.6) is 0 Å². The molecular weight excluding hydrogens is 321 g/mol. The maximum atomic E-state index is 13.1. The Balaban J connectivity index is 1.68. The van der Waals surface area contributed by atoms with Gasteiger partial charge in [-0.2, -0.15) is 0 Å². The fourth-order valence-corrected chi connectivity index (χ4v) is 2.44. The summed E-state index contributed by atoms with van der Waals surface area (Å²) in [4.78, 5) is 18.2. The average Bonchev–Trinajstić information content (AvgIpc) is 2.59. The fraction of sp³-hybridized carbons (Fsp3) is 0.250. The molecule has 1 aromatic heterocycles. The second-order valence-corrected chi connectivity index (χ2v) is 5.50. The molecule has 7 heteroatoms. The number of aromatic nitrogens is 1. The number of hydrogen-bond donors (Lipinski definition) is 1. The van der Waals surface area contributed by atoms with Crippen molar-refractivity contribution in [2.24, 2.45) is 0 Å². The van der Waals surface area contributed by atoms with Crippen LogP contribution in [0.2, 0.25) is 5.02 Å².